The molecule has 18 heavy (non-hydrogen) atoms. The van der Waals surface area contributed by atoms with Gasteiger partial charge in [-0.1, -0.05) is 11.6 Å². The molecule has 1 saturated heterocycles. The largest absolute Gasteiger partial charge is 0.315 e. The number of nitrogens with one attached hydrogen (secondary N) is 1. The van der Waals surface area contributed by atoms with Crippen LogP contribution >= 0.6 is 11.6 Å². The average molecular weight is 290 g/mol. The number of nitrogens with zero attached hydrogens (tertiary/aromatic N) is 2. The lowest BCUT2D eigenvalue weighted by Crippen LogP contribution is -2.46. The number of hydrogen-bond donors (Lipinski definition) is 1. The predicted octanol–water partition coefficient (Wildman–Crippen LogP) is 1.11. The number of pyridine rings is 1. The Morgan fingerprint density at radius 2 is 2.33 bits per heavy atom. The van der Waals surface area contributed by atoms with Crippen LogP contribution < -0.4 is 5.32 Å². The van der Waals surface area contributed by atoms with Crippen molar-refractivity contribution in [1.82, 2.24) is 14.6 Å². The minimum atomic E-state index is -3.62. The molecule has 2 heterocycles. The summed E-state index contributed by atoms with van der Waals surface area (Å²) in [4.78, 5) is 3.88. The van der Waals surface area contributed by atoms with Crippen molar-refractivity contribution in [3.8, 4) is 0 Å². The Labute approximate surface area is 112 Å². The van der Waals surface area contributed by atoms with Gasteiger partial charge in [0.2, 0.25) is 0 Å². The number of halogens is 1. The van der Waals surface area contributed by atoms with Crippen LogP contribution in [-0.4, -0.2) is 43.9 Å². The van der Waals surface area contributed by atoms with E-state index in [-0.39, 0.29) is 16.1 Å². The van der Waals surface area contributed by atoms with E-state index in [1.165, 1.54) is 16.6 Å². The van der Waals surface area contributed by atoms with E-state index in [4.69, 9.17) is 11.6 Å². The van der Waals surface area contributed by atoms with Crippen LogP contribution in [0.15, 0.2) is 23.4 Å². The molecule has 1 aliphatic rings. The standard InChI is InChI=1S/C11H16ClN3O2S/c1-15(9-4-2-6-13-8-9)18(16,17)11-10(12)5-3-7-14-11/h3,5,7,9,13H,2,4,6,8H2,1H3/t9-/m0/s1. The van der Waals surface area contributed by atoms with Gasteiger partial charge in [0, 0.05) is 25.8 Å². The third-order valence-corrected chi connectivity index (χ3v) is 5.42. The fourth-order valence-corrected chi connectivity index (χ4v) is 3.81. The monoisotopic (exact) mass is 289 g/mol. The van der Waals surface area contributed by atoms with Crippen molar-refractivity contribution in [2.24, 2.45) is 0 Å². The number of piperidine rings is 1. The second-order valence-electron chi connectivity index (χ2n) is 4.31. The van der Waals surface area contributed by atoms with Crippen LogP contribution in [-0.2, 0) is 10.0 Å². The van der Waals surface area contributed by atoms with Gasteiger partial charge in [-0.05, 0) is 31.5 Å². The summed E-state index contributed by atoms with van der Waals surface area (Å²) in [6, 6.07) is 3.11. The Morgan fingerprint density at radius 3 is 2.94 bits per heavy atom. The molecule has 1 aromatic rings. The maximum absolute atomic E-state index is 12.4. The molecule has 0 aromatic carbocycles. The van der Waals surface area contributed by atoms with Crippen molar-refractivity contribution in [2.75, 3.05) is 20.1 Å². The molecule has 1 aliphatic heterocycles. The average Bonchev–Trinajstić information content (AvgIpc) is 2.39. The van der Waals surface area contributed by atoms with E-state index in [2.05, 4.69) is 10.3 Å². The summed E-state index contributed by atoms with van der Waals surface area (Å²) in [6.45, 7) is 1.61. The summed E-state index contributed by atoms with van der Waals surface area (Å²) < 4.78 is 26.2. The molecule has 0 unspecified atom stereocenters. The van der Waals surface area contributed by atoms with Gasteiger partial charge >= 0.3 is 0 Å². The number of sulfonamides is 1. The quantitative estimate of drug-likeness (QED) is 0.905. The molecule has 1 atom stereocenters. The van der Waals surface area contributed by atoms with Crippen LogP contribution in [0.2, 0.25) is 5.02 Å². The highest BCUT2D eigenvalue weighted by Gasteiger charge is 2.31. The van der Waals surface area contributed by atoms with Crippen molar-refractivity contribution >= 4 is 21.6 Å². The fourth-order valence-electron chi connectivity index (χ4n) is 2.04. The molecule has 0 saturated carbocycles. The maximum Gasteiger partial charge on any atom is 0.262 e. The molecule has 5 nitrogen and oxygen atoms in total. The number of rotatable bonds is 3. The number of aromatic nitrogens is 1. The zero-order valence-electron chi connectivity index (χ0n) is 10.1. The highest BCUT2D eigenvalue weighted by Crippen LogP contribution is 2.23. The molecule has 2 rings (SSSR count). The van der Waals surface area contributed by atoms with Crippen LogP contribution in [0.25, 0.3) is 0 Å². The molecule has 0 amide bonds. The van der Waals surface area contributed by atoms with Crippen molar-refractivity contribution in [2.45, 2.75) is 23.9 Å². The first kappa shape index (κ1) is 13.7. The first-order valence-electron chi connectivity index (χ1n) is 5.83. The van der Waals surface area contributed by atoms with Crippen LogP contribution in [0.4, 0.5) is 0 Å². The highest BCUT2D eigenvalue weighted by atomic mass is 35.5. The summed E-state index contributed by atoms with van der Waals surface area (Å²) in [7, 11) is -2.04. The van der Waals surface area contributed by atoms with Gasteiger partial charge in [0.15, 0.2) is 5.03 Å². The Balaban J connectivity index is 2.28. The van der Waals surface area contributed by atoms with Gasteiger partial charge in [-0.3, -0.25) is 0 Å². The van der Waals surface area contributed by atoms with Crippen molar-refractivity contribution < 1.29 is 8.42 Å². The van der Waals surface area contributed by atoms with Crippen LogP contribution in [0, 0.1) is 0 Å². The minimum Gasteiger partial charge on any atom is -0.315 e. The van der Waals surface area contributed by atoms with E-state index in [9.17, 15) is 8.42 Å². The van der Waals surface area contributed by atoms with E-state index >= 15 is 0 Å². The number of hydrogen-bond acceptors (Lipinski definition) is 4. The molecule has 0 aliphatic carbocycles. The van der Waals surface area contributed by atoms with E-state index in [1.54, 1.807) is 13.1 Å². The molecule has 7 heteroatoms. The Morgan fingerprint density at radius 1 is 1.56 bits per heavy atom. The lowest BCUT2D eigenvalue weighted by molar-refractivity contribution is 0.299. The lowest BCUT2D eigenvalue weighted by Gasteiger charge is -2.30. The molecule has 0 spiro atoms. The van der Waals surface area contributed by atoms with Gasteiger partial charge in [-0.2, -0.15) is 4.31 Å². The maximum atomic E-state index is 12.4. The van der Waals surface area contributed by atoms with E-state index in [0.717, 1.165) is 19.4 Å². The summed E-state index contributed by atoms with van der Waals surface area (Å²) in [6.07, 6.45) is 3.26. The van der Waals surface area contributed by atoms with Crippen LogP contribution in [0.3, 0.4) is 0 Å². The second-order valence-corrected chi connectivity index (χ2v) is 6.63. The lowest BCUT2D eigenvalue weighted by atomic mass is 10.1. The predicted molar refractivity (Wildman–Crippen MR) is 70.1 cm³/mol. The van der Waals surface area contributed by atoms with Gasteiger partial charge in [0.05, 0.1) is 5.02 Å². The third-order valence-electron chi connectivity index (χ3n) is 3.13. The molecule has 100 valence electrons. The molecular weight excluding hydrogens is 274 g/mol. The molecule has 1 fully saturated rings. The number of likely N-dealkylation sites (N-methyl/N-ethyl adjacent to an activating group) is 1. The fraction of sp³-hybridized carbons (Fsp3) is 0.545. The van der Waals surface area contributed by atoms with Gasteiger partial charge in [-0.25, -0.2) is 13.4 Å². The first-order valence-corrected chi connectivity index (χ1v) is 7.64. The summed E-state index contributed by atoms with van der Waals surface area (Å²) >= 11 is 5.91. The van der Waals surface area contributed by atoms with Crippen LogP contribution in [0.5, 0.6) is 0 Å². The first-order chi connectivity index (χ1) is 8.53. The van der Waals surface area contributed by atoms with Crippen LogP contribution in [0.1, 0.15) is 12.8 Å². The summed E-state index contributed by atoms with van der Waals surface area (Å²) in [5, 5.41) is 3.29. The van der Waals surface area contributed by atoms with Crippen molar-refractivity contribution in [3.63, 3.8) is 0 Å². The Hall–Kier alpha value is -0.690. The normalized spacial score (nSPS) is 21.2. The molecule has 1 N–H and O–H groups in total. The molecule has 0 bridgehead atoms. The Bertz CT molecular complexity index is 515. The Kier molecular flexibility index (Phi) is 4.21. The third kappa shape index (κ3) is 2.66. The zero-order chi connectivity index (χ0) is 13.2. The smallest absolute Gasteiger partial charge is 0.262 e. The van der Waals surface area contributed by atoms with Gasteiger partial charge in [0.1, 0.15) is 0 Å². The van der Waals surface area contributed by atoms with Gasteiger partial charge in [0.25, 0.3) is 10.0 Å². The summed E-state index contributed by atoms with van der Waals surface area (Å²) in [5.74, 6) is 0. The van der Waals surface area contributed by atoms with Gasteiger partial charge < -0.3 is 5.32 Å². The zero-order valence-corrected chi connectivity index (χ0v) is 11.7. The molecule has 1 aromatic heterocycles. The minimum absolute atomic E-state index is 0.0400. The SMILES string of the molecule is CN([C@H]1CCCNC1)S(=O)(=O)c1ncccc1Cl. The summed E-state index contributed by atoms with van der Waals surface area (Å²) in [5.41, 5.74) is 0. The molecular formula is C11H16ClN3O2S. The topological polar surface area (TPSA) is 62.3 Å². The molecule has 0 radical (unpaired) electrons. The van der Waals surface area contributed by atoms with E-state index in [0.29, 0.717) is 6.54 Å². The second kappa shape index (κ2) is 5.52. The van der Waals surface area contributed by atoms with Gasteiger partial charge in [-0.15, -0.1) is 0 Å². The van der Waals surface area contributed by atoms with E-state index < -0.39 is 10.0 Å². The van der Waals surface area contributed by atoms with Crippen molar-refractivity contribution in [3.05, 3.63) is 23.4 Å². The highest BCUT2D eigenvalue weighted by molar-refractivity contribution is 7.89. The van der Waals surface area contributed by atoms with Crippen molar-refractivity contribution in [1.29, 1.82) is 0 Å². The van der Waals surface area contributed by atoms with E-state index in [1.807, 2.05) is 0 Å².